The number of aliphatic hydroxyl groups excluding tert-OH is 3. The van der Waals surface area contributed by atoms with Crippen LogP contribution in [-0.2, 0) is 16.0 Å². The predicted molar refractivity (Wildman–Crippen MR) is 76.9 cm³/mol. The Morgan fingerprint density at radius 1 is 1.26 bits per heavy atom. The van der Waals surface area contributed by atoms with Gasteiger partial charge in [-0.15, -0.1) is 0 Å². The van der Waals surface area contributed by atoms with Crippen molar-refractivity contribution in [3.8, 4) is 0 Å². The Kier molecular flexibility index (Phi) is 4.64. The molecule has 2 unspecified atom stereocenters. The van der Waals surface area contributed by atoms with Crippen molar-refractivity contribution in [2.45, 2.75) is 50.0 Å². The second-order valence-corrected chi connectivity index (χ2v) is 5.82. The van der Waals surface area contributed by atoms with Crippen molar-refractivity contribution >= 4 is 0 Å². The van der Waals surface area contributed by atoms with Crippen molar-refractivity contribution in [2.75, 3.05) is 13.2 Å². The molecule has 5 atom stereocenters. The summed E-state index contributed by atoms with van der Waals surface area (Å²) >= 11 is 0. The van der Waals surface area contributed by atoms with Gasteiger partial charge in [-0.25, -0.2) is 4.79 Å². The van der Waals surface area contributed by atoms with E-state index in [1.54, 1.807) is 0 Å². The highest BCUT2D eigenvalue weighted by Gasteiger charge is 2.43. The maximum absolute atomic E-state index is 12.5. The molecule has 2 saturated heterocycles. The summed E-state index contributed by atoms with van der Waals surface area (Å²) < 4.78 is 12.9. The molecular formula is C14H20N2O7. The molecule has 1 aromatic heterocycles. The maximum atomic E-state index is 12.5. The van der Waals surface area contributed by atoms with Crippen LogP contribution in [0.3, 0.4) is 0 Å². The third-order valence-electron chi connectivity index (χ3n) is 4.30. The van der Waals surface area contributed by atoms with E-state index >= 15 is 0 Å². The quantitative estimate of drug-likeness (QED) is 0.573. The summed E-state index contributed by atoms with van der Waals surface area (Å²) in [5.41, 5.74) is -1.11. The van der Waals surface area contributed by atoms with Crippen LogP contribution in [0.1, 0.15) is 19.1 Å². The van der Waals surface area contributed by atoms with Crippen molar-refractivity contribution in [2.24, 2.45) is 0 Å². The van der Waals surface area contributed by atoms with E-state index in [0.717, 1.165) is 22.0 Å². The van der Waals surface area contributed by atoms with Gasteiger partial charge < -0.3 is 24.8 Å². The van der Waals surface area contributed by atoms with Gasteiger partial charge in [-0.2, -0.15) is 0 Å². The van der Waals surface area contributed by atoms with Crippen LogP contribution in [-0.4, -0.2) is 62.1 Å². The summed E-state index contributed by atoms with van der Waals surface area (Å²) in [7, 11) is 0. The Hall–Kier alpha value is -1.52. The lowest BCUT2D eigenvalue weighted by atomic mass is 10.1. The van der Waals surface area contributed by atoms with E-state index in [2.05, 4.69) is 0 Å². The average Bonchev–Trinajstić information content (AvgIpc) is 3.14. The fourth-order valence-electron chi connectivity index (χ4n) is 2.99. The van der Waals surface area contributed by atoms with Crippen LogP contribution in [0.2, 0.25) is 0 Å². The number of rotatable bonds is 4. The number of ether oxygens (including phenoxy) is 2. The molecule has 0 amide bonds. The van der Waals surface area contributed by atoms with Crippen molar-refractivity contribution in [3.63, 3.8) is 0 Å². The predicted octanol–water partition coefficient (Wildman–Crippen LogP) is -2.20. The minimum Gasteiger partial charge on any atom is -0.394 e. The van der Waals surface area contributed by atoms with Crippen LogP contribution in [0.25, 0.3) is 0 Å². The SMILES string of the molecule is O=c1ccn([C@@H]2O[C@H](CO)C(O)[C@@H]2O)c(=O)n1CC1CCCO1. The molecule has 3 N–H and O–H groups in total. The summed E-state index contributed by atoms with van der Waals surface area (Å²) in [5, 5.41) is 28.9. The first-order chi connectivity index (χ1) is 11.0. The second-order valence-electron chi connectivity index (χ2n) is 5.82. The molecule has 2 fully saturated rings. The van der Waals surface area contributed by atoms with E-state index in [1.807, 2.05) is 0 Å². The van der Waals surface area contributed by atoms with Gasteiger partial charge in [0.1, 0.15) is 18.3 Å². The standard InChI is InChI=1S/C14H20N2O7/c17-7-9-11(19)12(20)13(23-9)15-4-3-10(18)16(14(15)21)6-8-2-1-5-22-8/h3-4,8-9,11-13,17,19-20H,1-2,5-7H2/t8?,9-,11?,12+,13-/m1/s1. The van der Waals surface area contributed by atoms with Crippen molar-refractivity contribution in [3.05, 3.63) is 33.1 Å². The highest BCUT2D eigenvalue weighted by atomic mass is 16.6. The van der Waals surface area contributed by atoms with Gasteiger partial charge in [0.05, 0.1) is 19.3 Å². The zero-order chi connectivity index (χ0) is 16.6. The molecule has 3 heterocycles. The molecular weight excluding hydrogens is 308 g/mol. The van der Waals surface area contributed by atoms with Gasteiger partial charge in [0.25, 0.3) is 5.56 Å². The molecule has 0 bridgehead atoms. The number of hydrogen-bond acceptors (Lipinski definition) is 7. The van der Waals surface area contributed by atoms with E-state index < -0.39 is 42.4 Å². The highest BCUT2D eigenvalue weighted by Crippen LogP contribution is 2.27. The van der Waals surface area contributed by atoms with Gasteiger partial charge in [-0.1, -0.05) is 0 Å². The number of hydrogen-bond donors (Lipinski definition) is 3. The Bertz CT molecular complexity index is 664. The molecule has 1 aromatic rings. The minimum atomic E-state index is -1.38. The largest absolute Gasteiger partial charge is 0.394 e. The summed E-state index contributed by atoms with van der Waals surface area (Å²) in [5.74, 6) is 0. The molecule has 2 aliphatic heterocycles. The van der Waals surface area contributed by atoms with Crippen molar-refractivity contribution in [1.29, 1.82) is 0 Å². The van der Waals surface area contributed by atoms with Gasteiger partial charge in [-0.3, -0.25) is 13.9 Å². The van der Waals surface area contributed by atoms with Crippen LogP contribution in [0, 0.1) is 0 Å². The zero-order valence-corrected chi connectivity index (χ0v) is 12.4. The lowest BCUT2D eigenvalue weighted by Gasteiger charge is -2.19. The second kappa shape index (κ2) is 6.54. The van der Waals surface area contributed by atoms with Gasteiger partial charge in [0.2, 0.25) is 0 Å². The van der Waals surface area contributed by atoms with Gasteiger partial charge in [0.15, 0.2) is 6.23 Å². The van der Waals surface area contributed by atoms with E-state index in [0.29, 0.717) is 6.61 Å². The molecule has 0 spiro atoms. The van der Waals surface area contributed by atoms with Crippen LogP contribution in [0.15, 0.2) is 21.9 Å². The van der Waals surface area contributed by atoms with Crippen LogP contribution in [0.4, 0.5) is 0 Å². The topological polar surface area (TPSA) is 123 Å². The lowest BCUT2D eigenvalue weighted by Crippen LogP contribution is -2.44. The minimum absolute atomic E-state index is 0.132. The molecule has 0 radical (unpaired) electrons. The highest BCUT2D eigenvalue weighted by molar-refractivity contribution is 4.94. The third-order valence-corrected chi connectivity index (χ3v) is 4.30. The Morgan fingerprint density at radius 3 is 2.65 bits per heavy atom. The molecule has 3 rings (SSSR count). The van der Waals surface area contributed by atoms with Gasteiger partial charge >= 0.3 is 5.69 Å². The summed E-state index contributed by atoms with van der Waals surface area (Å²) in [6.07, 6.45) is -2.15. The van der Waals surface area contributed by atoms with Crippen molar-refractivity contribution < 1.29 is 24.8 Å². The van der Waals surface area contributed by atoms with Crippen LogP contribution in [0.5, 0.6) is 0 Å². The fraction of sp³-hybridized carbons (Fsp3) is 0.714. The molecule has 2 aliphatic rings. The van der Waals surface area contributed by atoms with Gasteiger partial charge in [0, 0.05) is 18.9 Å². The Morgan fingerprint density at radius 2 is 2.04 bits per heavy atom. The molecule has 9 heteroatoms. The average molecular weight is 328 g/mol. The first-order valence-corrected chi connectivity index (χ1v) is 7.59. The van der Waals surface area contributed by atoms with E-state index in [9.17, 15) is 19.8 Å². The number of aliphatic hydroxyl groups is 3. The molecule has 23 heavy (non-hydrogen) atoms. The fourth-order valence-corrected chi connectivity index (χ4v) is 2.99. The summed E-state index contributed by atoms with van der Waals surface area (Å²) in [6.45, 7) is 0.252. The van der Waals surface area contributed by atoms with Crippen LogP contribution >= 0.6 is 0 Å². The zero-order valence-electron chi connectivity index (χ0n) is 12.4. The van der Waals surface area contributed by atoms with E-state index in [4.69, 9.17) is 14.6 Å². The monoisotopic (exact) mass is 328 g/mol. The summed E-state index contributed by atoms with van der Waals surface area (Å²) in [6, 6.07) is 1.20. The normalized spacial score (nSPS) is 34.1. The van der Waals surface area contributed by atoms with Crippen molar-refractivity contribution in [1.82, 2.24) is 9.13 Å². The smallest absolute Gasteiger partial charge is 0.333 e. The van der Waals surface area contributed by atoms with E-state index in [-0.39, 0.29) is 12.6 Å². The third kappa shape index (κ3) is 2.98. The Balaban J connectivity index is 1.91. The summed E-state index contributed by atoms with van der Waals surface area (Å²) in [4.78, 5) is 24.5. The van der Waals surface area contributed by atoms with Crippen LogP contribution < -0.4 is 11.2 Å². The first kappa shape index (κ1) is 16.3. The van der Waals surface area contributed by atoms with E-state index in [1.165, 1.54) is 12.3 Å². The molecule has 9 nitrogen and oxygen atoms in total. The molecule has 0 aliphatic carbocycles. The lowest BCUT2D eigenvalue weighted by molar-refractivity contribution is -0.0558. The Labute approximate surface area is 131 Å². The number of nitrogens with zero attached hydrogens (tertiary/aromatic N) is 2. The van der Waals surface area contributed by atoms with Gasteiger partial charge in [-0.05, 0) is 12.8 Å². The molecule has 0 aromatic carbocycles. The maximum Gasteiger partial charge on any atom is 0.333 e. The molecule has 0 saturated carbocycles. The molecule has 128 valence electrons. The first-order valence-electron chi connectivity index (χ1n) is 7.59. The number of aromatic nitrogens is 2.